The summed E-state index contributed by atoms with van der Waals surface area (Å²) in [5.41, 5.74) is 6.28. The van der Waals surface area contributed by atoms with Crippen LogP contribution in [0.25, 0.3) is 11.1 Å². The Labute approximate surface area is 178 Å². The first-order valence-electron chi connectivity index (χ1n) is 10.4. The Morgan fingerprint density at radius 3 is 1.90 bits per heavy atom. The minimum atomic E-state index is 0.292. The highest BCUT2D eigenvalue weighted by atomic mass is 16.3. The molecular weight excluding hydrogens is 368 g/mol. The molecule has 0 saturated heterocycles. The number of rotatable bonds is 7. The first-order valence-corrected chi connectivity index (χ1v) is 10.4. The van der Waals surface area contributed by atoms with Gasteiger partial charge in [-0.15, -0.1) is 0 Å². The summed E-state index contributed by atoms with van der Waals surface area (Å²) in [6, 6.07) is 34.2. The van der Waals surface area contributed by atoms with Crippen LogP contribution in [-0.4, -0.2) is 10.2 Å². The molecule has 2 N–H and O–H groups in total. The van der Waals surface area contributed by atoms with E-state index in [4.69, 9.17) is 0 Å². The lowest BCUT2D eigenvalue weighted by molar-refractivity contribution is 0.474. The Morgan fingerprint density at radius 1 is 0.600 bits per heavy atom. The molecule has 1 atom stereocenters. The molecule has 0 aromatic heterocycles. The Morgan fingerprint density at radius 2 is 1.20 bits per heavy atom. The van der Waals surface area contributed by atoms with E-state index < -0.39 is 0 Å². The van der Waals surface area contributed by atoms with Gasteiger partial charge in [0.2, 0.25) is 0 Å². The molecule has 0 bridgehead atoms. The van der Waals surface area contributed by atoms with E-state index in [1.54, 1.807) is 24.3 Å². The zero-order valence-corrected chi connectivity index (χ0v) is 16.9. The van der Waals surface area contributed by atoms with Crippen LogP contribution in [0, 0.1) is 0 Å². The van der Waals surface area contributed by atoms with E-state index in [1.807, 2.05) is 30.3 Å². The van der Waals surface area contributed by atoms with E-state index in [2.05, 4.69) is 48.5 Å². The van der Waals surface area contributed by atoms with Crippen LogP contribution < -0.4 is 0 Å². The van der Waals surface area contributed by atoms with Gasteiger partial charge in [0.15, 0.2) is 0 Å². The van der Waals surface area contributed by atoms with E-state index in [0.717, 1.165) is 19.3 Å². The molecule has 0 radical (unpaired) electrons. The fourth-order valence-electron chi connectivity index (χ4n) is 4.00. The van der Waals surface area contributed by atoms with Crippen molar-refractivity contribution in [2.45, 2.75) is 25.2 Å². The molecule has 2 heteroatoms. The molecule has 30 heavy (non-hydrogen) atoms. The topological polar surface area (TPSA) is 40.5 Å². The molecule has 0 spiro atoms. The van der Waals surface area contributed by atoms with Gasteiger partial charge < -0.3 is 10.2 Å². The molecule has 0 saturated carbocycles. The van der Waals surface area contributed by atoms with Crippen LogP contribution in [0.2, 0.25) is 0 Å². The quantitative estimate of drug-likeness (QED) is 0.365. The van der Waals surface area contributed by atoms with Gasteiger partial charge in [-0.1, -0.05) is 78.9 Å². The van der Waals surface area contributed by atoms with Crippen LogP contribution in [0.15, 0.2) is 103 Å². The van der Waals surface area contributed by atoms with Crippen LogP contribution in [0.4, 0.5) is 0 Å². The Hall–Kier alpha value is -3.52. The molecule has 4 rings (SSSR count). The smallest absolute Gasteiger partial charge is 0.115 e. The molecule has 0 fully saturated rings. The molecule has 0 aliphatic rings. The standard InChI is InChI=1S/C28H26O2/c29-26-16-11-21(12-17-26)10-13-24(22-14-18-27(30)19-15-22)20-25-8-4-5-9-28(25)23-6-2-1-3-7-23/h1-9,11-12,14-19,24,29-30H,10,13,20H2. The first-order chi connectivity index (χ1) is 14.7. The molecule has 4 aromatic rings. The normalized spacial score (nSPS) is 11.9. The highest BCUT2D eigenvalue weighted by Crippen LogP contribution is 2.32. The van der Waals surface area contributed by atoms with E-state index in [9.17, 15) is 10.2 Å². The molecule has 150 valence electrons. The fourth-order valence-corrected chi connectivity index (χ4v) is 4.00. The SMILES string of the molecule is Oc1ccc(CCC(Cc2ccccc2-c2ccccc2)c2ccc(O)cc2)cc1. The van der Waals surface area contributed by atoms with Crippen molar-refractivity contribution in [3.63, 3.8) is 0 Å². The lowest BCUT2D eigenvalue weighted by atomic mass is 9.84. The third kappa shape index (κ3) is 4.90. The summed E-state index contributed by atoms with van der Waals surface area (Å²) in [5.74, 6) is 0.913. The lowest BCUT2D eigenvalue weighted by Crippen LogP contribution is -2.06. The Bertz CT molecular complexity index is 1070. The van der Waals surface area contributed by atoms with Crippen LogP contribution in [0.3, 0.4) is 0 Å². The van der Waals surface area contributed by atoms with Gasteiger partial charge in [0.05, 0.1) is 0 Å². The maximum absolute atomic E-state index is 9.73. The average molecular weight is 395 g/mol. The third-order valence-electron chi connectivity index (χ3n) is 5.65. The summed E-state index contributed by atoms with van der Waals surface area (Å²) in [7, 11) is 0. The van der Waals surface area contributed by atoms with Crippen molar-refractivity contribution in [1.29, 1.82) is 0 Å². The predicted molar refractivity (Wildman–Crippen MR) is 123 cm³/mol. The maximum Gasteiger partial charge on any atom is 0.115 e. The number of hydrogen-bond donors (Lipinski definition) is 2. The van der Waals surface area contributed by atoms with E-state index in [1.165, 1.54) is 27.8 Å². The second-order valence-electron chi connectivity index (χ2n) is 7.72. The van der Waals surface area contributed by atoms with Gasteiger partial charge in [-0.05, 0) is 77.3 Å². The van der Waals surface area contributed by atoms with Gasteiger partial charge in [0.1, 0.15) is 11.5 Å². The third-order valence-corrected chi connectivity index (χ3v) is 5.65. The molecule has 0 heterocycles. The summed E-state index contributed by atoms with van der Waals surface area (Å²) < 4.78 is 0. The molecule has 4 aromatic carbocycles. The average Bonchev–Trinajstić information content (AvgIpc) is 2.79. The van der Waals surface area contributed by atoms with E-state index >= 15 is 0 Å². The van der Waals surface area contributed by atoms with Crippen molar-refractivity contribution < 1.29 is 10.2 Å². The van der Waals surface area contributed by atoms with Gasteiger partial charge in [-0.3, -0.25) is 0 Å². The highest BCUT2D eigenvalue weighted by molar-refractivity contribution is 5.67. The monoisotopic (exact) mass is 394 g/mol. The minimum absolute atomic E-state index is 0.292. The number of phenolic OH excluding ortho intramolecular Hbond substituents is 2. The van der Waals surface area contributed by atoms with Crippen molar-refractivity contribution >= 4 is 0 Å². The van der Waals surface area contributed by atoms with E-state index in [0.29, 0.717) is 17.4 Å². The lowest BCUT2D eigenvalue weighted by Gasteiger charge is -2.20. The van der Waals surface area contributed by atoms with Crippen molar-refractivity contribution in [3.05, 3.63) is 120 Å². The van der Waals surface area contributed by atoms with Crippen molar-refractivity contribution in [2.24, 2.45) is 0 Å². The predicted octanol–water partition coefficient (Wildman–Crippen LogP) is 6.72. The Balaban J connectivity index is 1.62. The number of aromatic hydroxyl groups is 2. The van der Waals surface area contributed by atoms with Gasteiger partial charge >= 0.3 is 0 Å². The minimum Gasteiger partial charge on any atom is -0.508 e. The number of aryl methyl sites for hydroxylation is 1. The first kappa shape index (κ1) is 19.8. The molecular formula is C28H26O2. The van der Waals surface area contributed by atoms with Crippen molar-refractivity contribution in [3.8, 4) is 22.6 Å². The van der Waals surface area contributed by atoms with Crippen LogP contribution in [0.1, 0.15) is 29.0 Å². The van der Waals surface area contributed by atoms with Gasteiger partial charge in [0.25, 0.3) is 0 Å². The van der Waals surface area contributed by atoms with Crippen LogP contribution in [-0.2, 0) is 12.8 Å². The molecule has 0 aliphatic heterocycles. The summed E-state index contributed by atoms with van der Waals surface area (Å²) in [5, 5.41) is 19.3. The highest BCUT2D eigenvalue weighted by Gasteiger charge is 2.16. The molecule has 1 unspecified atom stereocenters. The van der Waals surface area contributed by atoms with Gasteiger partial charge in [-0.2, -0.15) is 0 Å². The maximum atomic E-state index is 9.73. The van der Waals surface area contributed by atoms with Crippen LogP contribution in [0.5, 0.6) is 11.5 Å². The van der Waals surface area contributed by atoms with Crippen LogP contribution >= 0.6 is 0 Å². The fraction of sp³-hybridized carbons (Fsp3) is 0.143. The second kappa shape index (κ2) is 9.32. The molecule has 0 aliphatic carbocycles. The largest absolute Gasteiger partial charge is 0.508 e. The molecule has 2 nitrogen and oxygen atoms in total. The summed E-state index contributed by atoms with van der Waals surface area (Å²) in [6.45, 7) is 0. The zero-order valence-electron chi connectivity index (χ0n) is 16.9. The molecule has 0 amide bonds. The number of hydrogen-bond acceptors (Lipinski definition) is 2. The van der Waals surface area contributed by atoms with Gasteiger partial charge in [-0.25, -0.2) is 0 Å². The summed E-state index contributed by atoms with van der Waals surface area (Å²) in [6.07, 6.45) is 2.84. The van der Waals surface area contributed by atoms with Crippen molar-refractivity contribution in [1.82, 2.24) is 0 Å². The number of phenols is 2. The van der Waals surface area contributed by atoms with Gasteiger partial charge in [0, 0.05) is 0 Å². The van der Waals surface area contributed by atoms with E-state index in [-0.39, 0.29) is 0 Å². The summed E-state index contributed by atoms with van der Waals surface area (Å²) in [4.78, 5) is 0. The Kier molecular flexibility index (Phi) is 6.14. The number of benzene rings is 4. The van der Waals surface area contributed by atoms with Crippen molar-refractivity contribution in [2.75, 3.05) is 0 Å². The summed E-state index contributed by atoms with van der Waals surface area (Å²) >= 11 is 0. The second-order valence-corrected chi connectivity index (χ2v) is 7.72. The zero-order chi connectivity index (χ0) is 20.8.